The molecule has 6 rings (SSSR count). The fraction of sp³-hybridized carbons (Fsp3) is 0.591. The van der Waals surface area contributed by atoms with Crippen LogP contribution in [0.3, 0.4) is 0 Å². The van der Waals surface area contributed by atoms with Crippen LogP contribution in [-0.2, 0) is 22.7 Å². The van der Waals surface area contributed by atoms with Crippen LogP contribution in [0, 0.1) is 5.92 Å². The highest BCUT2D eigenvalue weighted by Crippen LogP contribution is 2.33. The molecule has 2 unspecified atom stereocenters. The Morgan fingerprint density at radius 1 is 1.07 bits per heavy atom. The van der Waals surface area contributed by atoms with Crippen LogP contribution in [0.4, 0.5) is 0 Å². The maximum Gasteiger partial charge on any atom is 0.255 e. The minimum atomic E-state index is -0.560. The first-order chi connectivity index (χ1) is 14.1. The summed E-state index contributed by atoms with van der Waals surface area (Å²) < 4.78 is 0. The molecule has 5 aliphatic rings. The second-order valence-corrected chi connectivity index (χ2v) is 8.86. The van der Waals surface area contributed by atoms with Crippen molar-refractivity contribution in [1.82, 2.24) is 20.9 Å². The first-order valence-corrected chi connectivity index (χ1v) is 10.8. The Bertz CT molecular complexity index is 846. The number of rotatable bonds is 5. The highest BCUT2D eigenvalue weighted by molar-refractivity contribution is 6.05. The zero-order valence-electron chi connectivity index (χ0n) is 16.6. The van der Waals surface area contributed by atoms with Gasteiger partial charge in [-0.05, 0) is 55.2 Å². The molecule has 3 amide bonds. The van der Waals surface area contributed by atoms with Gasteiger partial charge >= 0.3 is 0 Å². The summed E-state index contributed by atoms with van der Waals surface area (Å²) in [6.07, 6.45) is 5.97. The van der Waals surface area contributed by atoms with Gasteiger partial charge in [0.25, 0.3) is 5.91 Å². The molecule has 3 N–H and O–H groups in total. The van der Waals surface area contributed by atoms with Crippen LogP contribution in [0.2, 0.25) is 0 Å². The first-order valence-electron chi connectivity index (χ1n) is 10.8. The normalized spacial score (nSPS) is 31.2. The number of nitrogens with one attached hydrogen (secondary N) is 3. The van der Waals surface area contributed by atoms with E-state index >= 15 is 0 Å². The van der Waals surface area contributed by atoms with Crippen LogP contribution in [0.15, 0.2) is 18.2 Å². The Hall–Kier alpha value is -2.25. The molecule has 1 aromatic carbocycles. The van der Waals surface area contributed by atoms with E-state index in [1.165, 1.54) is 25.7 Å². The second-order valence-electron chi connectivity index (χ2n) is 8.86. The molecule has 154 valence electrons. The molecule has 1 aromatic rings. The van der Waals surface area contributed by atoms with Gasteiger partial charge in [-0.3, -0.25) is 19.7 Å². The predicted octanol–water partition coefficient (Wildman–Crippen LogP) is 1.07. The SMILES string of the molecule is O=C1CCC(N2Cc3c(CNCC4NC5CCC4CC5)cccc3C2=O)C(=O)N1. The van der Waals surface area contributed by atoms with Crippen molar-refractivity contribution in [2.24, 2.45) is 5.92 Å². The number of benzene rings is 1. The molecular formula is C22H28N4O3. The van der Waals surface area contributed by atoms with Gasteiger partial charge in [0.2, 0.25) is 11.8 Å². The molecule has 0 spiro atoms. The van der Waals surface area contributed by atoms with Gasteiger partial charge in [0.1, 0.15) is 6.04 Å². The fourth-order valence-corrected chi connectivity index (χ4v) is 5.53. The van der Waals surface area contributed by atoms with E-state index in [1.54, 1.807) is 4.90 Å². The summed E-state index contributed by atoms with van der Waals surface area (Å²) in [4.78, 5) is 38.2. The molecule has 0 radical (unpaired) electrons. The van der Waals surface area contributed by atoms with E-state index in [1.807, 2.05) is 12.1 Å². The van der Waals surface area contributed by atoms with Gasteiger partial charge in [-0.15, -0.1) is 0 Å². The van der Waals surface area contributed by atoms with E-state index in [4.69, 9.17) is 0 Å². The predicted molar refractivity (Wildman–Crippen MR) is 107 cm³/mol. The fourth-order valence-electron chi connectivity index (χ4n) is 5.53. The Labute approximate surface area is 170 Å². The summed E-state index contributed by atoms with van der Waals surface area (Å²) in [6.45, 7) is 2.09. The van der Waals surface area contributed by atoms with Gasteiger partial charge in [0, 0.05) is 43.7 Å². The average molecular weight is 396 g/mol. The molecule has 4 fully saturated rings. The van der Waals surface area contributed by atoms with Crippen molar-refractivity contribution in [2.75, 3.05) is 6.54 Å². The highest BCUT2D eigenvalue weighted by atomic mass is 16.2. The van der Waals surface area contributed by atoms with Crippen molar-refractivity contribution in [1.29, 1.82) is 0 Å². The number of fused-ring (bicyclic) bond motifs is 4. The number of carbonyl (C=O) groups is 3. The first kappa shape index (κ1) is 18.8. The van der Waals surface area contributed by atoms with E-state index in [9.17, 15) is 14.4 Å². The monoisotopic (exact) mass is 396 g/mol. The van der Waals surface area contributed by atoms with Gasteiger partial charge < -0.3 is 15.5 Å². The molecule has 4 aliphatic heterocycles. The number of nitrogens with zero attached hydrogens (tertiary/aromatic N) is 1. The van der Waals surface area contributed by atoms with Gasteiger partial charge in [-0.25, -0.2) is 0 Å². The number of piperidine rings is 3. The molecule has 3 saturated heterocycles. The lowest BCUT2D eigenvalue weighted by atomic mass is 9.76. The lowest BCUT2D eigenvalue weighted by Gasteiger charge is -2.43. The number of carbonyl (C=O) groups excluding carboxylic acids is 3. The minimum absolute atomic E-state index is 0.109. The van der Waals surface area contributed by atoms with E-state index in [0.717, 1.165) is 30.1 Å². The number of hydrogen-bond donors (Lipinski definition) is 3. The Balaban J connectivity index is 1.25. The zero-order valence-corrected chi connectivity index (χ0v) is 16.6. The van der Waals surface area contributed by atoms with Gasteiger partial charge in [0.15, 0.2) is 0 Å². The van der Waals surface area contributed by atoms with Crippen molar-refractivity contribution < 1.29 is 14.4 Å². The average Bonchev–Trinajstić information content (AvgIpc) is 3.06. The van der Waals surface area contributed by atoms with Crippen LogP contribution in [0.25, 0.3) is 0 Å². The molecular weight excluding hydrogens is 368 g/mol. The van der Waals surface area contributed by atoms with Crippen molar-refractivity contribution in [3.8, 4) is 0 Å². The van der Waals surface area contributed by atoms with Crippen LogP contribution < -0.4 is 16.0 Å². The summed E-state index contributed by atoms with van der Waals surface area (Å²) >= 11 is 0. The molecule has 29 heavy (non-hydrogen) atoms. The number of amides is 3. The van der Waals surface area contributed by atoms with Crippen LogP contribution >= 0.6 is 0 Å². The largest absolute Gasteiger partial charge is 0.322 e. The highest BCUT2D eigenvalue weighted by Gasteiger charge is 2.40. The minimum Gasteiger partial charge on any atom is -0.322 e. The Kier molecular flexibility index (Phi) is 4.87. The Morgan fingerprint density at radius 2 is 1.90 bits per heavy atom. The summed E-state index contributed by atoms with van der Waals surface area (Å²) in [7, 11) is 0. The van der Waals surface area contributed by atoms with E-state index in [-0.39, 0.29) is 24.1 Å². The van der Waals surface area contributed by atoms with Gasteiger partial charge in [-0.2, -0.15) is 0 Å². The molecule has 7 heteroatoms. The zero-order chi connectivity index (χ0) is 20.0. The van der Waals surface area contributed by atoms with Crippen LogP contribution in [0.1, 0.15) is 60.0 Å². The number of hydrogen-bond acceptors (Lipinski definition) is 5. The standard InChI is InChI=1S/C22H28N4O3/c27-20-9-8-19(21(28)25-20)26-12-17-14(2-1-3-16(17)22(26)29)10-23-11-18-13-4-6-15(24-18)7-5-13/h1-3,13,15,18-19,23-24H,4-12H2,(H,25,27,28). The van der Waals surface area contributed by atoms with Gasteiger partial charge in [0.05, 0.1) is 0 Å². The topological polar surface area (TPSA) is 90.5 Å². The second kappa shape index (κ2) is 7.54. The third-order valence-corrected chi connectivity index (χ3v) is 7.15. The molecule has 1 aliphatic carbocycles. The van der Waals surface area contributed by atoms with E-state index in [2.05, 4.69) is 22.0 Å². The lowest BCUT2D eigenvalue weighted by molar-refractivity contribution is -0.136. The van der Waals surface area contributed by atoms with Crippen LogP contribution in [-0.4, -0.2) is 47.3 Å². The van der Waals surface area contributed by atoms with Crippen molar-refractivity contribution >= 4 is 17.7 Å². The lowest BCUT2D eigenvalue weighted by Crippen LogP contribution is -2.55. The summed E-state index contributed by atoms with van der Waals surface area (Å²) in [6, 6.07) is 6.49. The summed E-state index contributed by atoms with van der Waals surface area (Å²) in [5, 5.41) is 9.71. The summed E-state index contributed by atoms with van der Waals surface area (Å²) in [5.41, 5.74) is 2.81. The smallest absolute Gasteiger partial charge is 0.255 e. The molecule has 7 nitrogen and oxygen atoms in total. The maximum absolute atomic E-state index is 12.9. The van der Waals surface area contributed by atoms with Crippen molar-refractivity contribution in [3.05, 3.63) is 34.9 Å². The quantitative estimate of drug-likeness (QED) is 0.648. The van der Waals surface area contributed by atoms with Crippen molar-refractivity contribution in [3.63, 3.8) is 0 Å². The van der Waals surface area contributed by atoms with Gasteiger partial charge in [-0.1, -0.05) is 12.1 Å². The maximum atomic E-state index is 12.9. The van der Waals surface area contributed by atoms with Crippen molar-refractivity contribution in [2.45, 2.75) is 69.7 Å². The molecule has 1 saturated carbocycles. The molecule has 0 aromatic heterocycles. The van der Waals surface area contributed by atoms with Crippen LogP contribution in [0.5, 0.6) is 0 Å². The molecule has 4 heterocycles. The molecule has 2 bridgehead atoms. The third kappa shape index (κ3) is 3.46. The van der Waals surface area contributed by atoms with E-state index in [0.29, 0.717) is 30.6 Å². The van der Waals surface area contributed by atoms with E-state index < -0.39 is 6.04 Å². The Morgan fingerprint density at radius 3 is 2.62 bits per heavy atom. The third-order valence-electron chi connectivity index (χ3n) is 7.15. The summed E-state index contributed by atoms with van der Waals surface area (Å²) in [5.74, 6) is 0.0482. The molecule has 2 atom stereocenters. The number of imide groups is 1.